The summed E-state index contributed by atoms with van der Waals surface area (Å²) in [7, 11) is -4.29. The zero-order valence-corrected chi connectivity index (χ0v) is 27.8. The van der Waals surface area contributed by atoms with Gasteiger partial charge in [-0.2, -0.15) is 0 Å². The molecule has 0 bridgehead atoms. The molecule has 4 rings (SSSR count). The van der Waals surface area contributed by atoms with Crippen molar-refractivity contribution in [2.75, 3.05) is 10.8 Å². The number of hydrogen-bond donors (Lipinski definition) is 1. The van der Waals surface area contributed by atoms with Crippen LogP contribution in [0.15, 0.2) is 108 Å². The van der Waals surface area contributed by atoms with Crippen LogP contribution in [0.3, 0.4) is 0 Å². The van der Waals surface area contributed by atoms with E-state index in [0.29, 0.717) is 6.42 Å². The van der Waals surface area contributed by atoms with E-state index < -0.39 is 28.5 Å². The van der Waals surface area contributed by atoms with Gasteiger partial charge in [0.2, 0.25) is 11.8 Å². The molecule has 0 aliphatic rings. The van der Waals surface area contributed by atoms with Gasteiger partial charge in [0, 0.05) is 19.0 Å². The van der Waals surface area contributed by atoms with Crippen molar-refractivity contribution in [1.82, 2.24) is 10.2 Å². The van der Waals surface area contributed by atoms with Crippen LogP contribution in [0.2, 0.25) is 10.0 Å². The number of carbonyl (C=O) groups is 2. The van der Waals surface area contributed by atoms with Gasteiger partial charge in [0.25, 0.3) is 10.0 Å². The van der Waals surface area contributed by atoms with E-state index in [1.165, 1.54) is 23.1 Å². The van der Waals surface area contributed by atoms with Crippen molar-refractivity contribution in [3.63, 3.8) is 0 Å². The number of sulfonamides is 1. The van der Waals surface area contributed by atoms with Gasteiger partial charge >= 0.3 is 0 Å². The van der Waals surface area contributed by atoms with Gasteiger partial charge in [0.05, 0.1) is 20.6 Å². The average Bonchev–Trinajstić information content (AvgIpc) is 3.04. The molecule has 4 aromatic carbocycles. The number of anilines is 1. The highest BCUT2D eigenvalue weighted by molar-refractivity contribution is 7.92. The van der Waals surface area contributed by atoms with Crippen molar-refractivity contribution in [3.8, 4) is 0 Å². The first-order valence-corrected chi connectivity index (χ1v) is 16.9. The number of halogens is 2. The fourth-order valence-electron chi connectivity index (χ4n) is 4.80. The summed E-state index contributed by atoms with van der Waals surface area (Å²) in [5.41, 5.74) is 2.75. The molecule has 0 fully saturated rings. The van der Waals surface area contributed by atoms with Crippen molar-refractivity contribution in [2.24, 2.45) is 0 Å². The van der Waals surface area contributed by atoms with E-state index in [4.69, 9.17) is 23.2 Å². The quantitative estimate of drug-likeness (QED) is 0.166. The number of rotatable bonds is 13. The maximum Gasteiger partial charge on any atom is 0.264 e. The first-order valence-electron chi connectivity index (χ1n) is 14.7. The second-order valence-electron chi connectivity index (χ2n) is 10.9. The minimum absolute atomic E-state index is 0.00749. The lowest BCUT2D eigenvalue weighted by molar-refractivity contribution is -0.140. The number of nitrogens with zero attached hydrogens (tertiary/aromatic N) is 2. The van der Waals surface area contributed by atoms with E-state index in [-0.39, 0.29) is 45.5 Å². The third-order valence-electron chi connectivity index (χ3n) is 7.56. The fourth-order valence-corrected chi connectivity index (χ4v) is 6.70. The zero-order valence-electron chi connectivity index (χ0n) is 25.5. The predicted molar refractivity (Wildman–Crippen MR) is 181 cm³/mol. The summed E-state index contributed by atoms with van der Waals surface area (Å²) in [5, 5.41) is 3.17. The Balaban J connectivity index is 1.83. The van der Waals surface area contributed by atoms with E-state index in [0.717, 1.165) is 21.0 Å². The van der Waals surface area contributed by atoms with Crippen LogP contribution in [-0.2, 0) is 32.6 Å². The van der Waals surface area contributed by atoms with E-state index in [1.807, 2.05) is 75.4 Å². The molecule has 0 heterocycles. The molecule has 0 aliphatic heterocycles. The number of nitrogens with one attached hydrogen (secondary N) is 1. The number of aryl methyl sites for hydroxylation is 1. The van der Waals surface area contributed by atoms with E-state index in [9.17, 15) is 18.0 Å². The van der Waals surface area contributed by atoms with Crippen molar-refractivity contribution >= 4 is 50.7 Å². The lowest BCUT2D eigenvalue weighted by Gasteiger charge is -2.34. The van der Waals surface area contributed by atoms with Crippen LogP contribution in [0.25, 0.3) is 0 Å². The fraction of sp³-hybridized carbons (Fsp3) is 0.257. The Morgan fingerprint density at radius 3 is 2.07 bits per heavy atom. The molecular weight excluding hydrogens is 629 g/mol. The molecular formula is C35H37Cl2N3O4S. The SMILES string of the molecule is CC[C@H](C)NC(=O)[C@@H](Cc1ccccc1)N(Cc1ccc(C)cc1)C(=O)CN(c1cccc(Cl)c1Cl)S(=O)(=O)c1ccccc1. The molecule has 0 saturated heterocycles. The highest BCUT2D eigenvalue weighted by Crippen LogP contribution is 2.35. The molecule has 236 valence electrons. The smallest absolute Gasteiger partial charge is 0.264 e. The van der Waals surface area contributed by atoms with Crippen LogP contribution in [0, 0.1) is 6.92 Å². The number of amides is 2. The lowest BCUT2D eigenvalue weighted by atomic mass is 10.0. The monoisotopic (exact) mass is 665 g/mol. The Kier molecular flexibility index (Phi) is 11.7. The highest BCUT2D eigenvalue weighted by atomic mass is 35.5. The van der Waals surface area contributed by atoms with Crippen LogP contribution in [0.1, 0.15) is 37.0 Å². The molecule has 10 heteroatoms. The molecule has 0 spiro atoms. The largest absolute Gasteiger partial charge is 0.352 e. The normalized spacial score (nSPS) is 12.6. The number of benzene rings is 4. The Morgan fingerprint density at radius 2 is 1.44 bits per heavy atom. The first-order chi connectivity index (χ1) is 21.5. The minimum Gasteiger partial charge on any atom is -0.352 e. The van der Waals surface area contributed by atoms with Gasteiger partial charge in [-0.05, 0) is 55.7 Å². The van der Waals surface area contributed by atoms with Gasteiger partial charge in [-0.25, -0.2) is 8.42 Å². The van der Waals surface area contributed by atoms with Crippen LogP contribution in [0.5, 0.6) is 0 Å². The lowest BCUT2D eigenvalue weighted by Crippen LogP contribution is -2.54. The minimum atomic E-state index is -4.29. The maximum atomic E-state index is 14.5. The third-order valence-corrected chi connectivity index (χ3v) is 10.1. The second-order valence-corrected chi connectivity index (χ2v) is 13.6. The summed E-state index contributed by atoms with van der Waals surface area (Å²) < 4.78 is 29.2. The molecule has 0 saturated carbocycles. The third kappa shape index (κ3) is 8.66. The van der Waals surface area contributed by atoms with Crippen molar-refractivity contribution in [2.45, 2.75) is 57.1 Å². The number of carbonyl (C=O) groups excluding carboxylic acids is 2. The molecule has 2 atom stereocenters. The van der Waals surface area contributed by atoms with Crippen LogP contribution >= 0.6 is 23.2 Å². The molecule has 0 aromatic heterocycles. The van der Waals surface area contributed by atoms with Gasteiger partial charge in [-0.15, -0.1) is 0 Å². The Labute approximate surface area is 275 Å². The summed E-state index contributed by atoms with van der Waals surface area (Å²) in [5.74, 6) is -0.904. The number of hydrogen-bond acceptors (Lipinski definition) is 4. The summed E-state index contributed by atoms with van der Waals surface area (Å²) in [6.07, 6.45) is 0.927. The molecule has 4 aromatic rings. The van der Waals surface area contributed by atoms with Gasteiger partial charge in [-0.3, -0.25) is 13.9 Å². The molecule has 1 N–H and O–H groups in total. The molecule has 0 radical (unpaired) electrons. The second kappa shape index (κ2) is 15.4. The van der Waals surface area contributed by atoms with E-state index in [2.05, 4.69) is 5.32 Å². The molecule has 0 unspecified atom stereocenters. The molecule has 45 heavy (non-hydrogen) atoms. The molecule has 0 aliphatic carbocycles. The summed E-state index contributed by atoms with van der Waals surface area (Å²) >= 11 is 12.9. The summed E-state index contributed by atoms with van der Waals surface area (Å²) in [4.78, 5) is 29.9. The molecule has 2 amide bonds. The molecule has 7 nitrogen and oxygen atoms in total. The van der Waals surface area contributed by atoms with Crippen molar-refractivity contribution in [3.05, 3.63) is 130 Å². The Bertz CT molecular complexity index is 1700. The van der Waals surface area contributed by atoms with Crippen LogP contribution < -0.4 is 9.62 Å². The van der Waals surface area contributed by atoms with Gasteiger partial charge < -0.3 is 10.2 Å². The zero-order chi connectivity index (χ0) is 32.6. The maximum absolute atomic E-state index is 14.5. The Hall–Kier alpha value is -3.85. The van der Waals surface area contributed by atoms with E-state index in [1.54, 1.807) is 30.3 Å². The predicted octanol–water partition coefficient (Wildman–Crippen LogP) is 7.05. The van der Waals surface area contributed by atoms with Gasteiger partial charge in [0.15, 0.2) is 0 Å². The highest BCUT2D eigenvalue weighted by Gasteiger charge is 2.35. The standard InChI is InChI=1S/C35H37Cl2N3O4S/c1-4-26(3)38-35(42)32(22-27-12-7-5-8-13-27)39(23-28-20-18-25(2)19-21-28)33(41)24-40(31-17-11-16-30(36)34(31)37)45(43,44)29-14-9-6-10-15-29/h5-21,26,32H,4,22-24H2,1-3H3,(H,38,42)/t26-,32+/m0/s1. The van der Waals surface area contributed by atoms with Crippen molar-refractivity contribution < 1.29 is 18.0 Å². The average molecular weight is 667 g/mol. The topological polar surface area (TPSA) is 86.8 Å². The van der Waals surface area contributed by atoms with Gasteiger partial charge in [-0.1, -0.05) is 115 Å². The Morgan fingerprint density at radius 1 is 0.822 bits per heavy atom. The van der Waals surface area contributed by atoms with Crippen molar-refractivity contribution in [1.29, 1.82) is 0 Å². The van der Waals surface area contributed by atoms with E-state index >= 15 is 0 Å². The van der Waals surface area contributed by atoms with Gasteiger partial charge in [0.1, 0.15) is 12.6 Å². The summed E-state index contributed by atoms with van der Waals surface area (Å²) in [6, 6.07) is 28.4. The van der Waals surface area contributed by atoms with Crippen LogP contribution in [-0.4, -0.2) is 43.8 Å². The summed E-state index contributed by atoms with van der Waals surface area (Å²) in [6.45, 7) is 5.29. The first kappa shape index (κ1) is 34.0. The van der Waals surface area contributed by atoms with Crippen LogP contribution in [0.4, 0.5) is 5.69 Å².